The fourth-order valence-corrected chi connectivity index (χ4v) is 2.03. The molecular formula is C17H18FNO. The molecule has 104 valence electrons. The average Bonchev–Trinajstić information content (AvgIpc) is 2.42. The Kier molecular flexibility index (Phi) is 3.89. The number of hydrogen-bond donors (Lipinski definition) is 1. The van der Waals surface area contributed by atoms with Crippen molar-refractivity contribution in [2.45, 2.75) is 26.2 Å². The van der Waals surface area contributed by atoms with Crippen LogP contribution in [0.2, 0.25) is 0 Å². The van der Waals surface area contributed by atoms with Crippen molar-refractivity contribution in [2.24, 2.45) is 0 Å². The molecular weight excluding hydrogens is 253 g/mol. The molecule has 2 aromatic carbocycles. The van der Waals surface area contributed by atoms with Crippen molar-refractivity contribution in [3.8, 4) is 0 Å². The van der Waals surface area contributed by atoms with Crippen LogP contribution in [0.1, 0.15) is 25.0 Å². The van der Waals surface area contributed by atoms with Crippen LogP contribution in [-0.4, -0.2) is 5.91 Å². The highest BCUT2D eigenvalue weighted by Gasteiger charge is 2.29. The molecule has 1 N–H and O–H groups in total. The fraction of sp³-hybridized carbons (Fsp3) is 0.235. The number of hydrogen-bond acceptors (Lipinski definition) is 1. The third-order valence-corrected chi connectivity index (χ3v) is 3.50. The maximum Gasteiger partial charge on any atom is 0.234 e. The third-order valence-electron chi connectivity index (χ3n) is 3.50. The molecule has 0 aliphatic rings. The minimum Gasteiger partial charge on any atom is -0.325 e. The molecule has 0 fully saturated rings. The molecule has 0 saturated carbocycles. The Morgan fingerprint density at radius 3 is 2.35 bits per heavy atom. The van der Waals surface area contributed by atoms with Crippen molar-refractivity contribution < 1.29 is 9.18 Å². The van der Waals surface area contributed by atoms with Gasteiger partial charge in [0.2, 0.25) is 5.91 Å². The van der Waals surface area contributed by atoms with Gasteiger partial charge in [0.25, 0.3) is 0 Å². The first-order chi connectivity index (χ1) is 9.41. The molecule has 0 bridgehead atoms. The van der Waals surface area contributed by atoms with Gasteiger partial charge >= 0.3 is 0 Å². The topological polar surface area (TPSA) is 29.1 Å². The van der Waals surface area contributed by atoms with Gasteiger partial charge < -0.3 is 5.32 Å². The Morgan fingerprint density at radius 1 is 1.10 bits per heavy atom. The van der Waals surface area contributed by atoms with Gasteiger partial charge in [-0.3, -0.25) is 4.79 Å². The second-order valence-electron chi connectivity index (χ2n) is 5.40. The summed E-state index contributed by atoms with van der Waals surface area (Å²) in [6.45, 7) is 5.52. The second-order valence-corrected chi connectivity index (χ2v) is 5.40. The molecule has 0 aromatic heterocycles. The normalized spacial score (nSPS) is 11.2. The van der Waals surface area contributed by atoms with Crippen LogP contribution in [0.4, 0.5) is 10.1 Å². The largest absolute Gasteiger partial charge is 0.325 e. The minimum absolute atomic E-state index is 0.113. The standard InChI is InChI=1S/C17H18FNO/c1-12-11-14(18)9-10-15(12)19-16(20)17(2,3)13-7-5-4-6-8-13/h4-11H,1-3H3,(H,19,20). The number of anilines is 1. The summed E-state index contributed by atoms with van der Waals surface area (Å²) in [5.41, 5.74) is 1.64. The highest BCUT2D eigenvalue weighted by Crippen LogP contribution is 2.26. The Bertz CT molecular complexity index is 620. The van der Waals surface area contributed by atoms with Crippen LogP contribution in [-0.2, 0) is 10.2 Å². The van der Waals surface area contributed by atoms with E-state index in [1.54, 1.807) is 13.0 Å². The zero-order chi connectivity index (χ0) is 14.8. The molecule has 0 spiro atoms. The van der Waals surface area contributed by atoms with E-state index in [0.717, 1.165) is 5.56 Å². The Morgan fingerprint density at radius 2 is 1.75 bits per heavy atom. The summed E-state index contributed by atoms with van der Waals surface area (Å²) in [5, 5.41) is 2.87. The van der Waals surface area contributed by atoms with Crippen LogP contribution in [0.5, 0.6) is 0 Å². The summed E-state index contributed by atoms with van der Waals surface area (Å²) in [7, 11) is 0. The van der Waals surface area contributed by atoms with Crippen molar-refractivity contribution in [1.82, 2.24) is 0 Å². The zero-order valence-electron chi connectivity index (χ0n) is 11.9. The summed E-state index contributed by atoms with van der Waals surface area (Å²) < 4.78 is 13.1. The molecule has 0 radical (unpaired) electrons. The summed E-state index contributed by atoms with van der Waals surface area (Å²) in [5.74, 6) is -0.416. The number of benzene rings is 2. The first-order valence-electron chi connectivity index (χ1n) is 6.54. The molecule has 20 heavy (non-hydrogen) atoms. The van der Waals surface area contributed by atoms with E-state index >= 15 is 0 Å². The molecule has 2 rings (SSSR count). The lowest BCUT2D eigenvalue weighted by molar-refractivity contribution is -0.120. The number of aryl methyl sites for hydroxylation is 1. The van der Waals surface area contributed by atoms with E-state index in [4.69, 9.17) is 0 Å². The van der Waals surface area contributed by atoms with Crippen LogP contribution in [0.3, 0.4) is 0 Å². The number of nitrogens with one attached hydrogen (secondary N) is 1. The summed E-state index contributed by atoms with van der Waals surface area (Å²) >= 11 is 0. The van der Waals surface area contributed by atoms with Crippen LogP contribution in [0.15, 0.2) is 48.5 Å². The van der Waals surface area contributed by atoms with Gasteiger partial charge in [-0.2, -0.15) is 0 Å². The number of amides is 1. The number of carbonyl (C=O) groups excluding carboxylic acids is 1. The molecule has 0 aliphatic heterocycles. The van der Waals surface area contributed by atoms with E-state index in [9.17, 15) is 9.18 Å². The first kappa shape index (κ1) is 14.3. The van der Waals surface area contributed by atoms with Crippen LogP contribution in [0, 0.1) is 12.7 Å². The van der Waals surface area contributed by atoms with Gasteiger partial charge in [-0.15, -0.1) is 0 Å². The zero-order valence-corrected chi connectivity index (χ0v) is 11.9. The van der Waals surface area contributed by atoms with Gasteiger partial charge in [0.05, 0.1) is 5.41 Å². The van der Waals surface area contributed by atoms with Crippen LogP contribution in [0.25, 0.3) is 0 Å². The smallest absolute Gasteiger partial charge is 0.234 e. The number of rotatable bonds is 3. The molecule has 0 heterocycles. The van der Waals surface area contributed by atoms with Gasteiger partial charge in [0.1, 0.15) is 5.82 Å². The highest BCUT2D eigenvalue weighted by molar-refractivity contribution is 5.99. The summed E-state index contributed by atoms with van der Waals surface area (Å²) in [6, 6.07) is 13.9. The van der Waals surface area contributed by atoms with Crippen molar-refractivity contribution in [1.29, 1.82) is 0 Å². The summed E-state index contributed by atoms with van der Waals surface area (Å²) in [4.78, 5) is 12.5. The predicted octanol–water partition coefficient (Wildman–Crippen LogP) is 4.05. The van der Waals surface area contributed by atoms with Crippen molar-refractivity contribution >= 4 is 11.6 Å². The van der Waals surface area contributed by atoms with Crippen molar-refractivity contribution in [3.05, 3.63) is 65.5 Å². The molecule has 2 aromatic rings. The highest BCUT2D eigenvalue weighted by atomic mass is 19.1. The lowest BCUT2D eigenvalue weighted by Crippen LogP contribution is -2.34. The third kappa shape index (κ3) is 2.87. The van der Waals surface area contributed by atoms with Crippen molar-refractivity contribution in [3.63, 3.8) is 0 Å². The van der Waals surface area contributed by atoms with Gasteiger partial charge in [-0.1, -0.05) is 30.3 Å². The predicted molar refractivity (Wildman–Crippen MR) is 79.2 cm³/mol. The Balaban J connectivity index is 2.23. The Hall–Kier alpha value is -2.16. The lowest BCUT2D eigenvalue weighted by atomic mass is 9.83. The van der Waals surface area contributed by atoms with Gasteiger partial charge in [-0.25, -0.2) is 4.39 Å². The second kappa shape index (κ2) is 5.45. The molecule has 0 saturated heterocycles. The monoisotopic (exact) mass is 271 g/mol. The van der Waals surface area contributed by atoms with Gasteiger partial charge in [-0.05, 0) is 50.1 Å². The van der Waals surface area contributed by atoms with E-state index in [1.165, 1.54) is 12.1 Å². The van der Waals surface area contributed by atoms with Crippen LogP contribution < -0.4 is 5.32 Å². The molecule has 1 amide bonds. The number of halogens is 1. The maximum atomic E-state index is 13.1. The molecule has 0 unspecified atom stereocenters. The molecule has 0 aliphatic carbocycles. The van der Waals surface area contributed by atoms with Crippen molar-refractivity contribution in [2.75, 3.05) is 5.32 Å². The fourth-order valence-electron chi connectivity index (χ4n) is 2.03. The van der Waals surface area contributed by atoms with Gasteiger partial charge in [0, 0.05) is 5.69 Å². The average molecular weight is 271 g/mol. The van der Waals surface area contributed by atoms with E-state index in [1.807, 2.05) is 44.2 Å². The van der Waals surface area contributed by atoms with E-state index in [0.29, 0.717) is 11.3 Å². The molecule has 0 atom stereocenters. The number of carbonyl (C=O) groups is 1. The molecule has 2 nitrogen and oxygen atoms in total. The van der Waals surface area contributed by atoms with Gasteiger partial charge in [0.15, 0.2) is 0 Å². The van der Waals surface area contributed by atoms with Crippen LogP contribution >= 0.6 is 0 Å². The SMILES string of the molecule is Cc1cc(F)ccc1NC(=O)C(C)(C)c1ccccc1. The quantitative estimate of drug-likeness (QED) is 0.896. The maximum absolute atomic E-state index is 13.1. The first-order valence-corrected chi connectivity index (χ1v) is 6.54. The van der Waals surface area contributed by atoms with E-state index < -0.39 is 5.41 Å². The Labute approximate surface area is 118 Å². The minimum atomic E-state index is -0.651. The van der Waals surface area contributed by atoms with E-state index in [2.05, 4.69) is 5.32 Å². The summed E-state index contributed by atoms with van der Waals surface area (Å²) in [6.07, 6.45) is 0. The molecule has 3 heteroatoms. The van der Waals surface area contributed by atoms with E-state index in [-0.39, 0.29) is 11.7 Å². The lowest BCUT2D eigenvalue weighted by Gasteiger charge is -2.24.